The minimum atomic E-state index is -0.606. The largest absolute Gasteiger partial charge is 0.374 e. The van der Waals surface area contributed by atoms with Crippen molar-refractivity contribution in [1.29, 1.82) is 0 Å². The summed E-state index contributed by atoms with van der Waals surface area (Å²) in [5, 5.41) is 0. The maximum Gasteiger partial charge on any atom is 0.254 e. The second-order valence-electron chi connectivity index (χ2n) is 6.72. The van der Waals surface area contributed by atoms with Crippen molar-refractivity contribution in [2.24, 2.45) is 0 Å². The number of β-lactam (4-membered cyclic amide) rings is 1. The van der Waals surface area contributed by atoms with E-state index in [2.05, 4.69) is 24.6 Å². The van der Waals surface area contributed by atoms with Gasteiger partial charge in [0.25, 0.3) is 5.91 Å². The molecule has 4 heteroatoms. The number of nitrogens with zero attached hydrogens (tertiary/aromatic N) is 1. The molecule has 1 fully saturated rings. The standard InChI is InChI=1S/C25H25NO3/c1-4-6-17-26-22(23(28-3)21(5-2)20-15-11-8-12-16-20)24(25(26)27)29-18-19-13-9-7-10-14-19/h6-16,22-24H,1-2,17-18H2,3H3/t22-,23+,24+/m0/s1. The summed E-state index contributed by atoms with van der Waals surface area (Å²) in [5.74, 6) is -0.0732. The molecule has 3 rings (SSSR count). The average molecular weight is 387 g/mol. The van der Waals surface area contributed by atoms with Crippen LogP contribution in [0.5, 0.6) is 0 Å². The zero-order chi connectivity index (χ0) is 20.6. The van der Waals surface area contributed by atoms with Crippen LogP contribution in [-0.2, 0) is 20.9 Å². The Kier molecular flexibility index (Phi) is 7.02. The van der Waals surface area contributed by atoms with Crippen LogP contribution in [0.1, 0.15) is 11.1 Å². The summed E-state index contributed by atoms with van der Waals surface area (Å²) in [5.41, 5.74) is 8.51. The molecule has 0 N–H and O–H groups in total. The monoisotopic (exact) mass is 387 g/mol. The number of amides is 1. The van der Waals surface area contributed by atoms with Gasteiger partial charge in [-0.1, -0.05) is 73.8 Å². The molecule has 1 amide bonds. The summed E-state index contributed by atoms with van der Waals surface area (Å²) in [7, 11) is 1.63. The summed E-state index contributed by atoms with van der Waals surface area (Å²) in [6.45, 7) is 8.20. The molecule has 0 unspecified atom stereocenters. The first-order valence-electron chi connectivity index (χ1n) is 9.49. The molecule has 2 aromatic rings. The molecule has 1 aliphatic heterocycles. The van der Waals surface area contributed by atoms with Gasteiger partial charge in [0.1, 0.15) is 6.10 Å². The fraction of sp³-hybridized carbons (Fsp3) is 0.240. The zero-order valence-electron chi connectivity index (χ0n) is 16.6. The minimum Gasteiger partial charge on any atom is -0.374 e. The van der Waals surface area contributed by atoms with Crippen molar-refractivity contribution in [3.05, 3.63) is 102 Å². The van der Waals surface area contributed by atoms with Gasteiger partial charge in [-0.05, 0) is 17.2 Å². The van der Waals surface area contributed by atoms with E-state index in [1.807, 2.05) is 60.7 Å². The lowest BCUT2D eigenvalue weighted by atomic mass is 9.85. The van der Waals surface area contributed by atoms with Crippen molar-refractivity contribution in [3.8, 4) is 0 Å². The van der Waals surface area contributed by atoms with Crippen molar-refractivity contribution < 1.29 is 14.3 Å². The van der Waals surface area contributed by atoms with E-state index < -0.39 is 12.2 Å². The number of hydrogen-bond donors (Lipinski definition) is 0. The summed E-state index contributed by atoms with van der Waals surface area (Å²) < 4.78 is 11.9. The lowest BCUT2D eigenvalue weighted by molar-refractivity contribution is -0.183. The second kappa shape index (κ2) is 9.88. The van der Waals surface area contributed by atoms with Crippen molar-refractivity contribution in [2.75, 3.05) is 13.7 Å². The Labute approximate surface area is 172 Å². The Morgan fingerprint density at radius 1 is 1.14 bits per heavy atom. The lowest BCUT2D eigenvalue weighted by Gasteiger charge is -2.49. The molecule has 1 aliphatic rings. The number of carbonyl (C=O) groups is 1. The van der Waals surface area contributed by atoms with E-state index >= 15 is 0 Å². The first kappa shape index (κ1) is 20.6. The third kappa shape index (κ3) is 4.48. The van der Waals surface area contributed by atoms with Crippen molar-refractivity contribution in [2.45, 2.75) is 24.9 Å². The molecule has 0 spiro atoms. The summed E-state index contributed by atoms with van der Waals surface area (Å²) in [4.78, 5) is 14.5. The number of methoxy groups -OCH3 is 1. The van der Waals surface area contributed by atoms with Crippen LogP contribution in [0, 0.1) is 0 Å². The highest BCUT2D eigenvalue weighted by atomic mass is 16.5. The van der Waals surface area contributed by atoms with Crippen LogP contribution >= 0.6 is 0 Å². The lowest BCUT2D eigenvalue weighted by Crippen LogP contribution is -2.70. The first-order chi connectivity index (χ1) is 14.2. The molecule has 2 aromatic carbocycles. The predicted octanol–water partition coefficient (Wildman–Crippen LogP) is 4.01. The molecular weight excluding hydrogens is 362 g/mol. The van der Waals surface area contributed by atoms with E-state index in [4.69, 9.17) is 9.47 Å². The molecule has 1 saturated heterocycles. The maximum atomic E-state index is 12.8. The molecule has 1 heterocycles. The van der Waals surface area contributed by atoms with Crippen LogP contribution in [0.4, 0.5) is 0 Å². The molecule has 3 atom stereocenters. The second-order valence-corrected chi connectivity index (χ2v) is 6.72. The highest BCUT2D eigenvalue weighted by Gasteiger charge is 2.53. The molecule has 148 valence electrons. The van der Waals surface area contributed by atoms with Gasteiger partial charge in [-0.25, -0.2) is 0 Å². The summed E-state index contributed by atoms with van der Waals surface area (Å²) >= 11 is 0. The Morgan fingerprint density at radius 2 is 1.79 bits per heavy atom. The van der Waals surface area contributed by atoms with Gasteiger partial charge in [-0.3, -0.25) is 4.79 Å². The first-order valence-corrected chi connectivity index (χ1v) is 9.49. The van der Waals surface area contributed by atoms with Gasteiger partial charge >= 0.3 is 0 Å². The van der Waals surface area contributed by atoms with Crippen LogP contribution in [0.3, 0.4) is 0 Å². The van der Waals surface area contributed by atoms with Crippen LogP contribution in [0.15, 0.2) is 91.4 Å². The van der Waals surface area contributed by atoms with E-state index in [0.29, 0.717) is 13.2 Å². The number of carbonyl (C=O) groups excluding carboxylic acids is 1. The number of rotatable bonds is 9. The average Bonchev–Trinajstić information content (AvgIpc) is 2.77. The van der Waals surface area contributed by atoms with Crippen LogP contribution in [0.25, 0.3) is 5.57 Å². The molecule has 0 aliphatic carbocycles. The predicted molar refractivity (Wildman–Crippen MR) is 114 cm³/mol. The number of likely N-dealkylation sites (tertiary alicyclic amines) is 1. The van der Waals surface area contributed by atoms with E-state index in [1.54, 1.807) is 18.1 Å². The Morgan fingerprint density at radius 3 is 2.38 bits per heavy atom. The topological polar surface area (TPSA) is 38.8 Å². The van der Waals surface area contributed by atoms with Gasteiger partial charge in [-0.2, -0.15) is 0 Å². The van der Waals surface area contributed by atoms with Crippen molar-refractivity contribution in [3.63, 3.8) is 0 Å². The van der Waals surface area contributed by atoms with Gasteiger partial charge in [0, 0.05) is 19.2 Å². The van der Waals surface area contributed by atoms with E-state index in [-0.39, 0.29) is 11.9 Å². The van der Waals surface area contributed by atoms with Crippen molar-refractivity contribution in [1.82, 2.24) is 4.90 Å². The summed E-state index contributed by atoms with van der Waals surface area (Å²) in [6, 6.07) is 19.3. The minimum absolute atomic E-state index is 0.0732. The molecule has 0 radical (unpaired) electrons. The van der Waals surface area contributed by atoms with Gasteiger partial charge in [0.15, 0.2) is 6.10 Å². The number of benzene rings is 2. The van der Waals surface area contributed by atoms with Gasteiger partial charge in [0.05, 0.1) is 12.6 Å². The Balaban J connectivity index is 1.87. The van der Waals surface area contributed by atoms with E-state index in [1.165, 1.54) is 0 Å². The molecule has 29 heavy (non-hydrogen) atoms. The van der Waals surface area contributed by atoms with Crippen LogP contribution in [0.2, 0.25) is 0 Å². The van der Waals surface area contributed by atoms with Crippen molar-refractivity contribution >= 4 is 11.5 Å². The quantitative estimate of drug-likeness (QED) is 0.482. The molecule has 0 saturated carbocycles. The molecule has 0 aromatic heterocycles. The number of hydrogen-bond acceptors (Lipinski definition) is 3. The van der Waals surface area contributed by atoms with Crippen LogP contribution in [-0.4, -0.2) is 42.7 Å². The zero-order valence-corrected chi connectivity index (χ0v) is 16.6. The van der Waals surface area contributed by atoms with E-state index in [0.717, 1.165) is 16.7 Å². The van der Waals surface area contributed by atoms with Gasteiger partial charge in [-0.15, -0.1) is 11.5 Å². The van der Waals surface area contributed by atoms with Crippen LogP contribution < -0.4 is 0 Å². The van der Waals surface area contributed by atoms with E-state index in [9.17, 15) is 4.79 Å². The maximum absolute atomic E-state index is 12.8. The molecular formula is C25H25NO3. The third-order valence-corrected chi connectivity index (χ3v) is 5.03. The fourth-order valence-corrected chi connectivity index (χ4v) is 3.58. The fourth-order valence-electron chi connectivity index (χ4n) is 3.58. The summed E-state index contributed by atoms with van der Waals surface area (Å²) in [6.07, 6.45) is 0.696. The normalized spacial score (nSPS) is 18.9. The van der Waals surface area contributed by atoms with Gasteiger partial charge < -0.3 is 14.4 Å². The highest BCUT2D eigenvalue weighted by molar-refractivity contribution is 5.90. The SMILES string of the molecule is C=C=CCN1C(=O)[C@H](OCc2ccccc2)[C@@H]1[C@H](OC)C(=C=C)c1ccccc1. The highest BCUT2D eigenvalue weighted by Crippen LogP contribution is 2.34. The molecule has 0 bridgehead atoms. The molecule has 4 nitrogen and oxygen atoms in total. The number of ether oxygens (including phenoxy) is 2. The van der Waals surface area contributed by atoms with Gasteiger partial charge in [0.2, 0.25) is 0 Å². The third-order valence-electron chi connectivity index (χ3n) is 5.03. The smallest absolute Gasteiger partial charge is 0.254 e. The Hall–Kier alpha value is -3.13. The Bertz CT molecular complexity index is 925.